The third kappa shape index (κ3) is 3.98. The second kappa shape index (κ2) is 6.33. The first-order valence-corrected chi connectivity index (χ1v) is 7.27. The summed E-state index contributed by atoms with van der Waals surface area (Å²) in [5.74, 6) is -0.968. The molecular weight excluding hydrogens is 551 g/mol. The molecule has 0 radical (unpaired) electrons. The molecule has 1 amide bonds. The van der Waals surface area contributed by atoms with E-state index < -0.39 is 11.9 Å². The summed E-state index contributed by atoms with van der Waals surface area (Å²) in [6.07, 6.45) is 0. The molecule has 0 saturated heterocycles. The number of nitrogens with one attached hydrogen (secondary N) is 1. The van der Waals surface area contributed by atoms with E-state index in [0.717, 1.165) is 10.7 Å². The summed E-state index contributed by atoms with van der Waals surface area (Å²) >= 11 is 6.29. The summed E-state index contributed by atoms with van der Waals surface area (Å²) in [6.45, 7) is 1.27. The van der Waals surface area contributed by atoms with Crippen molar-refractivity contribution in [2.24, 2.45) is 0 Å². The molecule has 0 aliphatic rings. The first kappa shape index (κ1) is 14.4. The molecule has 86 valence electrons. The van der Waals surface area contributed by atoms with Gasteiger partial charge in [-0.25, -0.2) is 4.79 Å². The number of hydrogen-bond acceptors (Lipinski definition) is 3. The van der Waals surface area contributed by atoms with Crippen LogP contribution in [0.2, 0.25) is 0 Å². The highest BCUT2D eigenvalue weighted by Crippen LogP contribution is 2.23. The Balaban J connectivity index is 2.95. The van der Waals surface area contributed by atoms with Crippen molar-refractivity contribution in [1.82, 2.24) is 5.48 Å². The van der Waals surface area contributed by atoms with Gasteiger partial charge in [-0.1, -0.05) is 0 Å². The van der Waals surface area contributed by atoms with Crippen molar-refractivity contribution in [2.75, 3.05) is 0 Å². The van der Waals surface area contributed by atoms with Gasteiger partial charge in [0.25, 0.3) is 0 Å². The molecule has 0 atom stereocenters. The van der Waals surface area contributed by atoms with Crippen molar-refractivity contribution < 1.29 is 14.4 Å². The van der Waals surface area contributed by atoms with Crippen LogP contribution in [-0.4, -0.2) is 11.9 Å². The molecule has 0 unspecified atom stereocenters. The van der Waals surface area contributed by atoms with Gasteiger partial charge in [0.15, 0.2) is 0 Å². The number of hydrogen-bond donors (Lipinski definition) is 1. The van der Waals surface area contributed by atoms with Gasteiger partial charge in [0.2, 0.25) is 5.91 Å². The van der Waals surface area contributed by atoms with E-state index >= 15 is 0 Å². The van der Waals surface area contributed by atoms with Gasteiger partial charge in [-0.2, -0.15) is 5.48 Å². The molecular formula is C9H6I3NO3. The second-order valence-corrected chi connectivity index (χ2v) is 6.36. The minimum absolute atomic E-state index is 0.413. The highest BCUT2D eigenvalue weighted by atomic mass is 127. The largest absolute Gasteiger partial charge is 0.365 e. The summed E-state index contributed by atoms with van der Waals surface area (Å²) in [5, 5.41) is 0. The van der Waals surface area contributed by atoms with E-state index in [1.165, 1.54) is 6.92 Å². The first-order valence-electron chi connectivity index (χ1n) is 4.04. The zero-order valence-electron chi connectivity index (χ0n) is 8.01. The van der Waals surface area contributed by atoms with Gasteiger partial charge in [-0.05, 0) is 79.9 Å². The van der Waals surface area contributed by atoms with Crippen LogP contribution in [0.25, 0.3) is 0 Å². The van der Waals surface area contributed by atoms with Crippen LogP contribution < -0.4 is 5.48 Å². The summed E-state index contributed by atoms with van der Waals surface area (Å²) < 4.78 is 2.64. The molecule has 1 rings (SSSR count). The molecule has 0 aromatic heterocycles. The van der Waals surface area contributed by atoms with Crippen molar-refractivity contribution in [3.05, 3.63) is 28.4 Å². The maximum absolute atomic E-state index is 11.7. The Morgan fingerprint density at radius 2 is 1.69 bits per heavy atom. The van der Waals surface area contributed by atoms with Crippen molar-refractivity contribution in [3.8, 4) is 0 Å². The highest BCUT2D eigenvalue weighted by Gasteiger charge is 2.17. The second-order valence-electron chi connectivity index (χ2n) is 2.79. The molecule has 0 saturated carbocycles. The highest BCUT2D eigenvalue weighted by molar-refractivity contribution is 14.1. The molecule has 0 bridgehead atoms. The van der Waals surface area contributed by atoms with Crippen LogP contribution in [0.4, 0.5) is 0 Å². The Hall–Kier alpha value is 0.350. The Morgan fingerprint density at radius 1 is 1.19 bits per heavy atom. The summed E-state index contributed by atoms with van der Waals surface area (Å²) in [7, 11) is 0. The van der Waals surface area contributed by atoms with Crippen LogP contribution in [0.1, 0.15) is 17.3 Å². The van der Waals surface area contributed by atoms with Gasteiger partial charge in [0.05, 0.1) is 5.56 Å². The van der Waals surface area contributed by atoms with Crippen molar-refractivity contribution >= 4 is 79.6 Å². The molecule has 1 N–H and O–H groups in total. The Morgan fingerprint density at radius 3 is 2.12 bits per heavy atom. The first-order chi connectivity index (χ1) is 7.41. The minimum Gasteiger partial charge on any atom is -0.335 e. The van der Waals surface area contributed by atoms with Crippen molar-refractivity contribution in [2.45, 2.75) is 6.92 Å². The normalized spacial score (nSPS) is 9.75. The molecule has 4 nitrogen and oxygen atoms in total. The number of halogens is 3. The topological polar surface area (TPSA) is 55.4 Å². The molecule has 16 heavy (non-hydrogen) atoms. The monoisotopic (exact) mass is 557 g/mol. The lowest BCUT2D eigenvalue weighted by Crippen LogP contribution is -2.25. The SMILES string of the molecule is CC(=O)NOC(=O)c1c(I)cc(I)cc1I. The Labute approximate surface area is 133 Å². The average molecular weight is 557 g/mol. The molecule has 0 aliphatic heterocycles. The maximum atomic E-state index is 11.7. The fourth-order valence-corrected chi connectivity index (χ4v) is 4.93. The predicted molar refractivity (Wildman–Crippen MR) is 83.8 cm³/mol. The lowest BCUT2D eigenvalue weighted by atomic mass is 10.2. The molecule has 1 aromatic carbocycles. The summed E-state index contributed by atoms with van der Waals surface area (Å²) in [6, 6.07) is 3.74. The zero-order chi connectivity index (χ0) is 12.3. The van der Waals surface area contributed by atoms with E-state index in [4.69, 9.17) is 0 Å². The van der Waals surface area contributed by atoms with Gasteiger partial charge in [-0.3, -0.25) is 4.79 Å². The van der Waals surface area contributed by atoms with Crippen LogP contribution in [0.3, 0.4) is 0 Å². The third-order valence-electron chi connectivity index (χ3n) is 1.50. The maximum Gasteiger partial charge on any atom is 0.365 e. The zero-order valence-corrected chi connectivity index (χ0v) is 14.5. The summed E-state index contributed by atoms with van der Waals surface area (Å²) in [5.41, 5.74) is 2.48. The Kier molecular flexibility index (Phi) is 5.70. The fourth-order valence-electron chi connectivity index (χ4n) is 0.906. The number of hydroxylamine groups is 1. The van der Waals surface area contributed by atoms with Crippen LogP contribution in [0.5, 0.6) is 0 Å². The van der Waals surface area contributed by atoms with Crippen molar-refractivity contribution in [3.63, 3.8) is 0 Å². The van der Waals surface area contributed by atoms with E-state index in [0.29, 0.717) is 5.56 Å². The number of amides is 1. The van der Waals surface area contributed by atoms with Gasteiger partial charge < -0.3 is 4.84 Å². The van der Waals surface area contributed by atoms with E-state index in [2.05, 4.69) is 72.6 Å². The number of carbonyl (C=O) groups is 2. The lowest BCUT2D eigenvalue weighted by Gasteiger charge is -2.07. The lowest BCUT2D eigenvalue weighted by molar-refractivity contribution is -0.127. The van der Waals surface area contributed by atoms with Crippen molar-refractivity contribution in [1.29, 1.82) is 0 Å². The third-order valence-corrected chi connectivity index (χ3v) is 3.82. The molecule has 1 aromatic rings. The van der Waals surface area contributed by atoms with Gasteiger partial charge in [0, 0.05) is 17.6 Å². The molecule has 0 spiro atoms. The number of carbonyl (C=O) groups excluding carboxylic acids is 2. The van der Waals surface area contributed by atoms with Crippen LogP contribution in [0.15, 0.2) is 12.1 Å². The quantitative estimate of drug-likeness (QED) is 0.428. The van der Waals surface area contributed by atoms with Crippen LogP contribution in [-0.2, 0) is 9.63 Å². The average Bonchev–Trinajstić information content (AvgIpc) is 2.12. The number of benzene rings is 1. The molecule has 7 heteroatoms. The molecule has 0 fully saturated rings. The number of rotatable bonds is 1. The van der Waals surface area contributed by atoms with Gasteiger partial charge in [0.1, 0.15) is 0 Å². The van der Waals surface area contributed by atoms with Crippen LogP contribution in [0, 0.1) is 10.7 Å². The van der Waals surface area contributed by atoms with E-state index in [1.54, 1.807) is 0 Å². The molecule has 0 aliphatic carbocycles. The van der Waals surface area contributed by atoms with E-state index in [1.807, 2.05) is 17.6 Å². The van der Waals surface area contributed by atoms with Gasteiger partial charge in [-0.15, -0.1) is 0 Å². The molecule has 0 heterocycles. The van der Waals surface area contributed by atoms with Crippen LogP contribution >= 0.6 is 67.8 Å². The smallest absolute Gasteiger partial charge is 0.335 e. The van der Waals surface area contributed by atoms with E-state index in [-0.39, 0.29) is 0 Å². The van der Waals surface area contributed by atoms with E-state index in [9.17, 15) is 9.59 Å². The fraction of sp³-hybridized carbons (Fsp3) is 0.111. The predicted octanol–water partition coefficient (Wildman–Crippen LogP) is 2.71. The Bertz CT molecular complexity index is 425. The minimum atomic E-state index is -0.555. The summed E-state index contributed by atoms with van der Waals surface area (Å²) in [4.78, 5) is 26.9. The standard InChI is InChI=1S/C9H6I3NO3/c1-4(14)13-16-9(15)8-6(11)2-5(10)3-7(8)12/h2-3H,1H3,(H,13,14). The van der Waals surface area contributed by atoms with Gasteiger partial charge >= 0.3 is 5.97 Å².